The first-order valence-electron chi connectivity index (χ1n) is 6.01. The van der Waals surface area contributed by atoms with Crippen LogP contribution in [0.15, 0.2) is 30.3 Å². The first-order chi connectivity index (χ1) is 8.74. The highest BCUT2D eigenvalue weighted by Crippen LogP contribution is 2.32. The summed E-state index contributed by atoms with van der Waals surface area (Å²) in [7, 11) is 0. The number of hydrogen-bond donors (Lipinski definition) is 1. The molecule has 0 atom stereocenters. The molecule has 2 aromatic rings. The van der Waals surface area contributed by atoms with Crippen LogP contribution in [0.2, 0.25) is 0 Å². The molecule has 2 heterocycles. The number of rotatable bonds is 3. The Morgan fingerprint density at radius 3 is 2.56 bits per heavy atom. The Morgan fingerprint density at radius 2 is 1.78 bits per heavy atom. The van der Waals surface area contributed by atoms with Crippen molar-refractivity contribution < 1.29 is 9.47 Å². The van der Waals surface area contributed by atoms with Crippen molar-refractivity contribution in [3.05, 3.63) is 47.3 Å². The molecule has 4 heteroatoms. The Hall–Kier alpha value is -2.10. The molecule has 0 saturated carbocycles. The molecule has 1 aliphatic rings. The van der Waals surface area contributed by atoms with E-state index < -0.39 is 0 Å². The molecule has 4 nitrogen and oxygen atoms in total. The van der Waals surface area contributed by atoms with E-state index in [1.165, 1.54) is 17.0 Å². The minimum absolute atomic E-state index is 0.321. The van der Waals surface area contributed by atoms with Crippen LogP contribution in [0.1, 0.15) is 17.0 Å². The third-order valence-electron chi connectivity index (χ3n) is 3.15. The zero-order valence-corrected chi connectivity index (χ0v) is 10.6. The highest BCUT2D eigenvalue weighted by Gasteiger charge is 2.13. The molecule has 0 radical (unpaired) electrons. The molecule has 3 rings (SSSR count). The number of nitrogens with zero attached hydrogens (tertiary/aromatic N) is 1. The molecule has 0 fully saturated rings. The van der Waals surface area contributed by atoms with Gasteiger partial charge < -0.3 is 14.9 Å². The first-order valence-corrected chi connectivity index (χ1v) is 6.01. The Balaban J connectivity index is 1.74. The van der Waals surface area contributed by atoms with Gasteiger partial charge in [0.25, 0.3) is 0 Å². The minimum atomic E-state index is 0.321. The van der Waals surface area contributed by atoms with Gasteiger partial charge >= 0.3 is 0 Å². The molecule has 0 unspecified atom stereocenters. The Labute approximate surface area is 106 Å². The Kier molecular flexibility index (Phi) is 2.63. The van der Waals surface area contributed by atoms with E-state index in [4.69, 9.17) is 9.47 Å². The molecule has 1 N–H and O–H groups in total. The van der Waals surface area contributed by atoms with Crippen molar-refractivity contribution in [2.24, 2.45) is 0 Å². The number of benzene rings is 1. The van der Waals surface area contributed by atoms with Crippen LogP contribution in [0.4, 0.5) is 0 Å². The van der Waals surface area contributed by atoms with E-state index in [1.807, 2.05) is 12.1 Å². The van der Waals surface area contributed by atoms with E-state index in [9.17, 15) is 0 Å². The van der Waals surface area contributed by atoms with Crippen LogP contribution in [0, 0.1) is 13.8 Å². The lowest BCUT2D eigenvalue weighted by Crippen LogP contribution is -2.16. The lowest BCUT2D eigenvalue weighted by atomic mass is 10.2. The van der Waals surface area contributed by atoms with Gasteiger partial charge in [-0.15, -0.1) is 0 Å². The van der Waals surface area contributed by atoms with Crippen LogP contribution < -0.4 is 14.9 Å². The van der Waals surface area contributed by atoms with Crippen LogP contribution in [0.3, 0.4) is 0 Å². The molecule has 0 amide bonds. The highest BCUT2D eigenvalue weighted by atomic mass is 16.7. The second-order valence-electron chi connectivity index (χ2n) is 4.47. The van der Waals surface area contributed by atoms with Crippen LogP contribution in [-0.4, -0.2) is 11.5 Å². The summed E-state index contributed by atoms with van der Waals surface area (Å²) in [5.74, 6) is 1.65. The van der Waals surface area contributed by atoms with Crippen molar-refractivity contribution in [3.8, 4) is 11.5 Å². The molecule has 0 aliphatic carbocycles. The molecule has 0 bridgehead atoms. The van der Waals surface area contributed by atoms with Crippen molar-refractivity contribution >= 4 is 0 Å². The smallest absolute Gasteiger partial charge is 0.231 e. The van der Waals surface area contributed by atoms with Crippen molar-refractivity contribution in [2.75, 3.05) is 12.2 Å². The van der Waals surface area contributed by atoms with Crippen LogP contribution in [-0.2, 0) is 6.54 Å². The fraction of sp³-hybridized carbons (Fsp3) is 0.286. The van der Waals surface area contributed by atoms with Gasteiger partial charge in [-0.25, -0.2) is 0 Å². The zero-order chi connectivity index (χ0) is 12.5. The van der Waals surface area contributed by atoms with E-state index in [1.54, 1.807) is 0 Å². The minimum Gasteiger partial charge on any atom is -0.454 e. The van der Waals surface area contributed by atoms with E-state index in [2.05, 4.69) is 42.1 Å². The van der Waals surface area contributed by atoms with Crippen molar-refractivity contribution in [1.29, 1.82) is 0 Å². The van der Waals surface area contributed by atoms with Gasteiger partial charge in [0, 0.05) is 11.4 Å². The maximum atomic E-state index is 5.37. The first kappa shape index (κ1) is 11.0. The van der Waals surface area contributed by atoms with Gasteiger partial charge in [-0.05, 0) is 43.7 Å². The molecule has 1 aromatic heterocycles. The molecule has 0 spiro atoms. The van der Waals surface area contributed by atoms with E-state index in [0.717, 1.165) is 18.0 Å². The zero-order valence-electron chi connectivity index (χ0n) is 10.6. The predicted molar refractivity (Wildman–Crippen MR) is 69.5 cm³/mol. The fourth-order valence-electron chi connectivity index (χ4n) is 2.14. The van der Waals surface area contributed by atoms with Crippen LogP contribution in [0.5, 0.6) is 11.5 Å². The molecular weight excluding hydrogens is 228 g/mol. The standard InChI is InChI=1S/C14H16N2O2/c1-10-3-4-11(2)16(10)15-8-12-5-6-13-14(7-12)18-9-17-13/h3-7,15H,8-9H2,1-2H3. The number of fused-ring (bicyclic) bond motifs is 1. The fourth-order valence-corrected chi connectivity index (χ4v) is 2.14. The number of aromatic nitrogens is 1. The predicted octanol–water partition coefficient (Wildman–Crippen LogP) is 2.58. The third kappa shape index (κ3) is 1.90. The van der Waals surface area contributed by atoms with Gasteiger partial charge in [-0.1, -0.05) is 6.07 Å². The summed E-state index contributed by atoms with van der Waals surface area (Å²) in [5, 5.41) is 0. The molecular formula is C14H16N2O2. The van der Waals surface area contributed by atoms with Gasteiger partial charge in [0.1, 0.15) is 0 Å². The number of aryl methyl sites for hydroxylation is 2. The normalized spacial score (nSPS) is 12.8. The summed E-state index contributed by atoms with van der Waals surface area (Å²) >= 11 is 0. The summed E-state index contributed by atoms with van der Waals surface area (Å²) in [6.07, 6.45) is 0. The molecule has 94 valence electrons. The highest BCUT2D eigenvalue weighted by molar-refractivity contribution is 5.44. The molecule has 1 aliphatic heterocycles. The van der Waals surface area contributed by atoms with E-state index in [0.29, 0.717) is 6.79 Å². The number of hydrogen-bond acceptors (Lipinski definition) is 3. The summed E-state index contributed by atoms with van der Waals surface area (Å²) in [4.78, 5) is 0. The summed E-state index contributed by atoms with van der Waals surface area (Å²) < 4.78 is 12.7. The van der Waals surface area contributed by atoms with Gasteiger partial charge in [0.15, 0.2) is 11.5 Å². The van der Waals surface area contributed by atoms with E-state index >= 15 is 0 Å². The largest absolute Gasteiger partial charge is 0.454 e. The summed E-state index contributed by atoms with van der Waals surface area (Å²) in [6, 6.07) is 10.2. The average molecular weight is 244 g/mol. The molecule has 0 saturated heterocycles. The van der Waals surface area contributed by atoms with Crippen molar-refractivity contribution in [2.45, 2.75) is 20.4 Å². The number of ether oxygens (including phenoxy) is 2. The van der Waals surface area contributed by atoms with Crippen molar-refractivity contribution in [1.82, 2.24) is 4.68 Å². The molecule has 1 aromatic carbocycles. The average Bonchev–Trinajstić information content (AvgIpc) is 2.94. The van der Waals surface area contributed by atoms with Gasteiger partial charge in [-0.2, -0.15) is 0 Å². The quantitative estimate of drug-likeness (QED) is 0.901. The maximum Gasteiger partial charge on any atom is 0.231 e. The van der Waals surface area contributed by atoms with Crippen LogP contribution >= 0.6 is 0 Å². The van der Waals surface area contributed by atoms with Gasteiger partial charge in [0.2, 0.25) is 6.79 Å². The van der Waals surface area contributed by atoms with E-state index in [-0.39, 0.29) is 0 Å². The Bertz CT molecular complexity index is 556. The SMILES string of the molecule is Cc1ccc(C)n1NCc1ccc2c(c1)OCO2. The molecule has 18 heavy (non-hydrogen) atoms. The third-order valence-corrected chi connectivity index (χ3v) is 3.15. The lowest BCUT2D eigenvalue weighted by molar-refractivity contribution is 0.174. The maximum absolute atomic E-state index is 5.37. The monoisotopic (exact) mass is 244 g/mol. The van der Waals surface area contributed by atoms with Gasteiger partial charge in [-0.3, -0.25) is 4.68 Å². The van der Waals surface area contributed by atoms with Gasteiger partial charge in [0.05, 0.1) is 6.54 Å². The topological polar surface area (TPSA) is 35.4 Å². The number of nitrogens with one attached hydrogen (secondary N) is 1. The summed E-state index contributed by atoms with van der Waals surface area (Å²) in [5.41, 5.74) is 6.97. The second kappa shape index (κ2) is 4.29. The summed E-state index contributed by atoms with van der Waals surface area (Å²) in [6.45, 7) is 5.24. The lowest BCUT2D eigenvalue weighted by Gasteiger charge is -2.12. The van der Waals surface area contributed by atoms with Crippen LogP contribution in [0.25, 0.3) is 0 Å². The second-order valence-corrected chi connectivity index (χ2v) is 4.47. The van der Waals surface area contributed by atoms with Crippen molar-refractivity contribution in [3.63, 3.8) is 0 Å². The Morgan fingerprint density at radius 1 is 1.06 bits per heavy atom.